The van der Waals surface area contributed by atoms with E-state index in [9.17, 15) is 18.0 Å². The molecule has 138 valence electrons. The molecule has 0 radical (unpaired) electrons. The number of nitrogens with zero attached hydrogens (tertiary/aromatic N) is 3. The van der Waals surface area contributed by atoms with Crippen LogP contribution in [0.5, 0.6) is 5.75 Å². The first-order valence-electron chi connectivity index (χ1n) is 7.41. The predicted octanol–water partition coefficient (Wildman–Crippen LogP) is 4.48. The molecule has 0 saturated heterocycles. The molecule has 2 aromatic rings. The molecule has 0 saturated carbocycles. The van der Waals surface area contributed by atoms with Crippen LogP contribution < -0.4 is 10.4 Å². The highest BCUT2D eigenvalue weighted by Crippen LogP contribution is 2.39. The van der Waals surface area contributed by atoms with E-state index in [2.05, 4.69) is 5.10 Å². The highest BCUT2D eigenvalue weighted by Gasteiger charge is 2.40. The number of hydrogen-bond acceptors (Lipinski definition) is 3. The topological polar surface area (TPSA) is 49.0 Å². The monoisotopic (exact) mass is 397 g/mol. The molecule has 25 heavy (non-hydrogen) atoms. The second-order valence-corrected chi connectivity index (χ2v) is 6.35. The summed E-state index contributed by atoms with van der Waals surface area (Å²) in [5, 5.41) is 3.34. The van der Waals surface area contributed by atoms with Crippen molar-refractivity contribution in [1.82, 2.24) is 14.3 Å². The number of benzene rings is 1. The van der Waals surface area contributed by atoms with Crippen LogP contribution in [-0.4, -0.2) is 20.5 Å². The van der Waals surface area contributed by atoms with E-state index < -0.39 is 17.7 Å². The molecule has 5 nitrogen and oxygen atoms in total. The van der Waals surface area contributed by atoms with E-state index in [0.29, 0.717) is 14.8 Å². The van der Waals surface area contributed by atoms with Gasteiger partial charge < -0.3 is 4.74 Å². The predicted molar refractivity (Wildman–Crippen MR) is 89.0 cm³/mol. The molecule has 2 rings (SSSR count). The number of aryl methyl sites for hydroxylation is 1. The molecular formula is C15H16Cl2F3N3O2. The molecule has 0 aliphatic carbocycles. The summed E-state index contributed by atoms with van der Waals surface area (Å²) in [6, 6.07) is 1.17. The van der Waals surface area contributed by atoms with Crippen molar-refractivity contribution in [2.24, 2.45) is 0 Å². The average molecular weight is 398 g/mol. The van der Waals surface area contributed by atoms with Gasteiger partial charge in [0.1, 0.15) is 5.75 Å². The van der Waals surface area contributed by atoms with Crippen LogP contribution >= 0.6 is 23.2 Å². The van der Waals surface area contributed by atoms with Crippen molar-refractivity contribution >= 4 is 23.2 Å². The highest BCUT2D eigenvalue weighted by molar-refractivity contribution is 6.36. The van der Waals surface area contributed by atoms with Crippen LogP contribution in [0.3, 0.4) is 0 Å². The Morgan fingerprint density at radius 2 is 1.92 bits per heavy atom. The number of ether oxygens (including phenoxy) is 1. The summed E-state index contributed by atoms with van der Waals surface area (Å²) in [6.07, 6.45) is -5.05. The fourth-order valence-electron chi connectivity index (χ4n) is 2.28. The van der Waals surface area contributed by atoms with Gasteiger partial charge in [-0.15, -0.1) is 5.10 Å². The van der Waals surface area contributed by atoms with Crippen molar-refractivity contribution in [3.05, 3.63) is 38.0 Å². The first-order chi connectivity index (χ1) is 11.5. The largest absolute Gasteiger partial charge is 0.489 e. The van der Waals surface area contributed by atoms with Gasteiger partial charge in [-0.1, -0.05) is 23.2 Å². The maximum atomic E-state index is 13.3. The molecule has 0 fully saturated rings. The SMILES string of the molecule is CCn1nc(C(F)(F)F)n(-c2cc(Cl)c(OC(C)C)c(C)c2Cl)c1=O. The molecule has 0 unspecified atom stereocenters. The van der Waals surface area contributed by atoms with Gasteiger partial charge in [-0.2, -0.15) is 13.2 Å². The number of hydrogen-bond donors (Lipinski definition) is 0. The van der Waals surface area contributed by atoms with Crippen molar-refractivity contribution in [2.75, 3.05) is 0 Å². The lowest BCUT2D eigenvalue weighted by Crippen LogP contribution is -2.25. The summed E-state index contributed by atoms with van der Waals surface area (Å²) < 4.78 is 46.6. The Morgan fingerprint density at radius 1 is 1.32 bits per heavy atom. The van der Waals surface area contributed by atoms with Crippen LogP contribution in [0.25, 0.3) is 5.69 Å². The fraction of sp³-hybridized carbons (Fsp3) is 0.467. The van der Waals surface area contributed by atoms with Crippen LogP contribution in [0.1, 0.15) is 32.2 Å². The molecule has 1 heterocycles. The maximum absolute atomic E-state index is 13.3. The van der Waals surface area contributed by atoms with E-state index in [1.165, 1.54) is 13.0 Å². The van der Waals surface area contributed by atoms with Crippen molar-refractivity contribution in [1.29, 1.82) is 0 Å². The van der Waals surface area contributed by atoms with Gasteiger partial charge in [0.15, 0.2) is 0 Å². The molecule has 0 N–H and O–H groups in total. The summed E-state index contributed by atoms with van der Waals surface area (Å²) in [7, 11) is 0. The van der Waals surface area contributed by atoms with Crippen LogP contribution in [0.15, 0.2) is 10.9 Å². The zero-order chi connectivity index (χ0) is 19.1. The first-order valence-corrected chi connectivity index (χ1v) is 8.17. The molecule has 0 aliphatic heterocycles. The van der Waals surface area contributed by atoms with E-state index in [1.54, 1.807) is 20.8 Å². The Balaban J connectivity index is 2.80. The summed E-state index contributed by atoms with van der Waals surface area (Å²) in [5.74, 6) is -1.11. The number of alkyl halides is 3. The molecule has 1 aromatic heterocycles. The summed E-state index contributed by atoms with van der Waals surface area (Å²) in [5.41, 5.74) is -0.816. The third kappa shape index (κ3) is 3.64. The van der Waals surface area contributed by atoms with Gasteiger partial charge in [0.2, 0.25) is 5.82 Å². The molecule has 0 spiro atoms. The lowest BCUT2D eigenvalue weighted by molar-refractivity contribution is -0.146. The zero-order valence-corrected chi connectivity index (χ0v) is 15.4. The van der Waals surface area contributed by atoms with E-state index in [4.69, 9.17) is 27.9 Å². The molecule has 0 atom stereocenters. The highest BCUT2D eigenvalue weighted by atomic mass is 35.5. The second-order valence-electron chi connectivity index (χ2n) is 5.57. The molecule has 1 aromatic carbocycles. The molecule has 0 amide bonds. The Kier molecular flexibility index (Phi) is 5.44. The van der Waals surface area contributed by atoms with Crippen LogP contribution in [0, 0.1) is 6.92 Å². The van der Waals surface area contributed by atoms with E-state index in [-0.39, 0.29) is 34.1 Å². The fourth-order valence-corrected chi connectivity index (χ4v) is 2.79. The Hall–Kier alpha value is -1.67. The van der Waals surface area contributed by atoms with Gasteiger partial charge in [0.25, 0.3) is 0 Å². The van der Waals surface area contributed by atoms with Gasteiger partial charge in [0, 0.05) is 12.1 Å². The molecule has 10 heteroatoms. The Morgan fingerprint density at radius 3 is 2.40 bits per heavy atom. The Labute approximate surface area is 151 Å². The quantitative estimate of drug-likeness (QED) is 0.764. The minimum atomic E-state index is -4.84. The lowest BCUT2D eigenvalue weighted by atomic mass is 10.2. The lowest BCUT2D eigenvalue weighted by Gasteiger charge is -2.18. The van der Waals surface area contributed by atoms with Crippen molar-refractivity contribution < 1.29 is 17.9 Å². The molecule has 0 aliphatic rings. The van der Waals surface area contributed by atoms with Crippen molar-refractivity contribution in [3.8, 4) is 11.4 Å². The van der Waals surface area contributed by atoms with Gasteiger partial charge in [-0.3, -0.25) is 0 Å². The summed E-state index contributed by atoms with van der Waals surface area (Å²) in [4.78, 5) is 12.3. The van der Waals surface area contributed by atoms with Crippen LogP contribution in [-0.2, 0) is 12.7 Å². The minimum Gasteiger partial charge on any atom is -0.489 e. The maximum Gasteiger partial charge on any atom is 0.452 e. The standard InChI is InChI=1S/C15H16Cl2F3N3O2/c1-5-22-14(24)23(13(21-22)15(18,19)20)10-6-9(16)12(25-7(2)3)8(4)11(10)17/h6-7H,5H2,1-4H3. The summed E-state index contributed by atoms with van der Waals surface area (Å²) >= 11 is 12.4. The number of halogens is 5. The first kappa shape index (κ1) is 19.7. The van der Waals surface area contributed by atoms with Gasteiger partial charge in [-0.05, 0) is 33.8 Å². The van der Waals surface area contributed by atoms with Crippen LogP contribution in [0.4, 0.5) is 13.2 Å². The number of rotatable bonds is 4. The van der Waals surface area contributed by atoms with Crippen LogP contribution in [0.2, 0.25) is 10.0 Å². The van der Waals surface area contributed by atoms with E-state index in [1.807, 2.05) is 0 Å². The molecule has 0 bridgehead atoms. The van der Waals surface area contributed by atoms with Crippen molar-refractivity contribution in [2.45, 2.75) is 46.5 Å². The normalized spacial score (nSPS) is 12.1. The van der Waals surface area contributed by atoms with E-state index >= 15 is 0 Å². The third-order valence-corrected chi connectivity index (χ3v) is 4.12. The van der Waals surface area contributed by atoms with Gasteiger partial charge in [0.05, 0.1) is 21.8 Å². The molecular weight excluding hydrogens is 382 g/mol. The Bertz CT molecular complexity index is 857. The third-order valence-electron chi connectivity index (χ3n) is 3.36. The summed E-state index contributed by atoms with van der Waals surface area (Å²) in [6.45, 7) is 6.59. The van der Waals surface area contributed by atoms with Gasteiger partial charge in [-0.25, -0.2) is 14.0 Å². The van der Waals surface area contributed by atoms with Crippen molar-refractivity contribution in [3.63, 3.8) is 0 Å². The second kappa shape index (κ2) is 6.92. The zero-order valence-electron chi connectivity index (χ0n) is 13.9. The average Bonchev–Trinajstić information content (AvgIpc) is 2.84. The van der Waals surface area contributed by atoms with Gasteiger partial charge >= 0.3 is 11.9 Å². The van der Waals surface area contributed by atoms with E-state index in [0.717, 1.165) is 0 Å². The smallest absolute Gasteiger partial charge is 0.452 e. The number of aromatic nitrogens is 3. The minimum absolute atomic E-state index is 0.0200.